The van der Waals surface area contributed by atoms with Gasteiger partial charge in [0.05, 0.1) is 5.57 Å². The van der Waals surface area contributed by atoms with Crippen LogP contribution in [0.25, 0.3) is 5.57 Å². The highest BCUT2D eigenvalue weighted by molar-refractivity contribution is 5.84. The number of hydrogen-bond acceptors (Lipinski definition) is 1. The smallest absolute Gasteiger partial charge is 0.213 e. The molecule has 2 rings (SSSR count). The van der Waals surface area contributed by atoms with Crippen LogP contribution in [-0.4, -0.2) is 14.1 Å². The number of nitrogens with zero attached hydrogens (tertiary/aromatic N) is 2. The molecule has 0 radical (unpaired) electrons. The van der Waals surface area contributed by atoms with Gasteiger partial charge in [0, 0.05) is 37.5 Å². The molecule has 2 nitrogen and oxygen atoms in total. The fourth-order valence-electron chi connectivity index (χ4n) is 2.52. The molecule has 0 N–H and O–H groups in total. The molecule has 1 aromatic carbocycles. The van der Waals surface area contributed by atoms with Gasteiger partial charge < -0.3 is 4.90 Å². The standard InChI is InChI=1S/C19H23N2/c1-5-11-16(19-14-9-10-15-21(19)6-2)17-12-7-8-13-18(17)20(3)4/h5,7-15H,1,6H2,2-4H3/q+1/b16-11-. The maximum Gasteiger partial charge on any atom is 0.213 e. The van der Waals surface area contributed by atoms with E-state index in [0.29, 0.717) is 0 Å². The van der Waals surface area contributed by atoms with Crippen molar-refractivity contribution >= 4 is 11.3 Å². The van der Waals surface area contributed by atoms with Crippen molar-refractivity contribution in [3.63, 3.8) is 0 Å². The number of anilines is 1. The number of benzene rings is 1. The summed E-state index contributed by atoms with van der Waals surface area (Å²) in [6.07, 6.45) is 6.06. The van der Waals surface area contributed by atoms with Crippen LogP contribution in [0.4, 0.5) is 5.69 Å². The summed E-state index contributed by atoms with van der Waals surface area (Å²) in [7, 11) is 4.15. The average molecular weight is 279 g/mol. The minimum atomic E-state index is 0.939. The number of aromatic nitrogens is 1. The quantitative estimate of drug-likeness (QED) is 0.598. The molecule has 2 aromatic rings. The van der Waals surface area contributed by atoms with Crippen molar-refractivity contribution in [3.05, 3.63) is 78.6 Å². The lowest BCUT2D eigenvalue weighted by Gasteiger charge is -2.18. The van der Waals surface area contributed by atoms with Gasteiger partial charge in [0.2, 0.25) is 5.69 Å². The van der Waals surface area contributed by atoms with Crippen LogP contribution in [-0.2, 0) is 6.54 Å². The Morgan fingerprint density at radius 2 is 1.86 bits per heavy atom. The molecule has 0 aliphatic heterocycles. The van der Waals surface area contributed by atoms with Crippen LogP contribution in [0.5, 0.6) is 0 Å². The number of aryl methyl sites for hydroxylation is 1. The van der Waals surface area contributed by atoms with E-state index in [1.165, 1.54) is 22.5 Å². The van der Waals surface area contributed by atoms with Crippen LogP contribution in [0.1, 0.15) is 18.2 Å². The predicted octanol–water partition coefficient (Wildman–Crippen LogP) is 3.68. The van der Waals surface area contributed by atoms with Crippen molar-refractivity contribution in [3.8, 4) is 0 Å². The molecular formula is C19H23N2+. The zero-order chi connectivity index (χ0) is 15.2. The first-order chi connectivity index (χ1) is 10.2. The molecule has 0 saturated carbocycles. The van der Waals surface area contributed by atoms with Gasteiger partial charge >= 0.3 is 0 Å². The monoisotopic (exact) mass is 279 g/mol. The van der Waals surface area contributed by atoms with Gasteiger partial charge in [-0.1, -0.05) is 30.9 Å². The maximum atomic E-state index is 3.88. The first-order valence-electron chi connectivity index (χ1n) is 7.27. The Morgan fingerprint density at radius 3 is 2.52 bits per heavy atom. The SMILES string of the molecule is C=C/C=C(/c1ccccc1N(C)C)c1cccc[n+]1CC. The highest BCUT2D eigenvalue weighted by Gasteiger charge is 2.18. The van der Waals surface area contributed by atoms with E-state index in [4.69, 9.17) is 0 Å². The van der Waals surface area contributed by atoms with Crippen LogP contribution in [0, 0.1) is 0 Å². The molecule has 0 aliphatic carbocycles. The van der Waals surface area contributed by atoms with Crippen LogP contribution in [0.3, 0.4) is 0 Å². The second kappa shape index (κ2) is 6.89. The number of pyridine rings is 1. The van der Waals surface area contributed by atoms with Crippen LogP contribution in [0.15, 0.2) is 67.4 Å². The Labute approximate surface area is 127 Å². The molecule has 0 fully saturated rings. The van der Waals surface area contributed by atoms with Crippen molar-refractivity contribution in [2.45, 2.75) is 13.5 Å². The van der Waals surface area contributed by atoms with E-state index in [0.717, 1.165) is 6.54 Å². The second-order valence-electron chi connectivity index (χ2n) is 5.10. The van der Waals surface area contributed by atoms with Crippen molar-refractivity contribution in [1.29, 1.82) is 0 Å². The Balaban J connectivity index is 2.66. The first kappa shape index (κ1) is 15.0. The molecule has 108 valence electrons. The van der Waals surface area contributed by atoms with E-state index in [1.807, 2.05) is 6.08 Å². The Bertz CT molecular complexity index is 654. The molecule has 21 heavy (non-hydrogen) atoms. The van der Waals surface area contributed by atoms with Gasteiger partial charge in [0.1, 0.15) is 6.54 Å². The molecule has 0 unspecified atom stereocenters. The third kappa shape index (κ3) is 3.22. The number of para-hydroxylation sites is 1. The number of hydrogen-bond donors (Lipinski definition) is 0. The molecule has 1 heterocycles. The van der Waals surface area contributed by atoms with E-state index in [2.05, 4.69) is 91.8 Å². The van der Waals surface area contributed by atoms with Gasteiger partial charge in [-0.3, -0.25) is 0 Å². The minimum Gasteiger partial charge on any atom is -0.377 e. The predicted molar refractivity (Wildman–Crippen MR) is 90.4 cm³/mol. The number of allylic oxidation sites excluding steroid dienone is 2. The van der Waals surface area contributed by atoms with E-state index in [-0.39, 0.29) is 0 Å². The first-order valence-corrected chi connectivity index (χ1v) is 7.27. The normalized spacial score (nSPS) is 11.3. The summed E-state index contributed by atoms with van der Waals surface area (Å²) in [6, 6.07) is 14.8. The minimum absolute atomic E-state index is 0.939. The van der Waals surface area contributed by atoms with E-state index in [9.17, 15) is 0 Å². The molecule has 0 amide bonds. The van der Waals surface area contributed by atoms with E-state index < -0.39 is 0 Å². The maximum absolute atomic E-state index is 3.88. The zero-order valence-electron chi connectivity index (χ0n) is 13.1. The summed E-state index contributed by atoms with van der Waals surface area (Å²) < 4.78 is 2.25. The Hall–Kier alpha value is -2.35. The number of rotatable bonds is 5. The van der Waals surface area contributed by atoms with Crippen molar-refractivity contribution in [1.82, 2.24) is 0 Å². The molecule has 0 atom stereocenters. The fourth-order valence-corrected chi connectivity index (χ4v) is 2.52. The van der Waals surface area contributed by atoms with Crippen molar-refractivity contribution < 1.29 is 4.57 Å². The van der Waals surface area contributed by atoms with Crippen LogP contribution in [0.2, 0.25) is 0 Å². The van der Waals surface area contributed by atoms with Crippen molar-refractivity contribution in [2.75, 3.05) is 19.0 Å². The molecular weight excluding hydrogens is 256 g/mol. The second-order valence-corrected chi connectivity index (χ2v) is 5.10. The van der Waals surface area contributed by atoms with Crippen LogP contribution < -0.4 is 9.47 Å². The zero-order valence-corrected chi connectivity index (χ0v) is 13.1. The lowest BCUT2D eigenvalue weighted by Crippen LogP contribution is -2.36. The third-order valence-electron chi connectivity index (χ3n) is 3.52. The summed E-state index contributed by atoms with van der Waals surface area (Å²) in [5.74, 6) is 0. The van der Waals surface area contributed by atoms with Gasteiger partial charge in [0.25, 0.3) is 0 Å². The fraction of sp³-hybridized carbons (Fsp3) is 0.211. The summed E-state index contributed by atoms with van der Waals surface area (Å²) in [5.41, 5.74) is 4.82. The molecule has 0 spiro atoms. The summed E-state index contributed by atoms with van der Waals surface area (Å²) in [5, 5.41) is 0. The van der Waals surface area contributed by atoms with Crippen LogP contribution >= 0.6 is 0 Å². The average Bonchev–Trinajstić information content (AvgIpc) is 2.52. The lowest BCUT2D eigenvalue weighted by atomic mass is 9.98. The molecule has 0 aliphatic rings. The van der Waals surface area contributed by atoms with Gasteiger partial charge in [0.15, 0.2) is 6.20 Å². The van der Waals surface area contributed by atoms with Gasteiger partial charge in [-0.15, -0.1) is 0 Å². The highest BCUT2D eigenvalue weighted by Crippen LogP contribution is 2.29. The third-order valence-corrected chi connectivity index (χ3v) is 3.52. The summed E-state index contributed by atoms with van der Waals surface area (Å²) >= 11 is 0. The summed E-state index contributed by atoms with van der Waals surface area (Å²) in [6.45, 7) is 6.98. The summed E-state index contributed by atoms with van der Waals surface area (Å²) in [4.78, 5) is 2.14. The van der Waals surface area contributed by atoms with E-state index >= 15 is 0 Å². The largest absolute Gasteiger partial charge is 0.377 e. The molecule has 0 saturated heterocycles. The molecule has 2 heteroatoms. The van der Waals surface area contributed by atoms with Crippen molar-refractivity contribution in [2.24, 2.45) is 0 Å². The van der Waals surface area contributed by atoms with Gasteiger partial charge in [-0.25, -0.2) is 0 Å². The van der Waals surface area contributed by atoms with E-state index in [1.54, 1.807) is 0 Å². The van der Waals surface area contributed by atoms with Gasteiger partial charge in [-0.2, -0.15) is 4.57 Å². The van der Waals surface area contributed by atoms with Gasteiger partial charge in [-0.05, 0) is 25.1 Å². The molecule has 1 aromatic heterocycles. The topological polar surface area (TPSA) is 7.12 Å². The molecule has 0 bridgehead atoms. The highest BCUT2D eigenvalue weighted by atomic mass is 15.1. The Kier molecular flexibility index (Phi) is 4.94. The lowest BCUT2D eigenvalue weighted by molar-refractivity contribution is -0.695. The Morgan fingerprint density at radius 1 is 1.14 bits per heavy atom.